The smallest absolute Gasteiger partial charge is 0.276 e. The number of thioether (sulfide) groups is 1. The van der Waals surface area contributed by atoms with Gasteiger partial charge in [-0.3, -0.25) is 4.68 Å². The van der Waals surface area contributed by atoms with Gasteiger partial charge in [0.05, 0.1) is 11.4 Å². The summed E-state index contributed by atoms with van der Waals surface area (Å²) < 4.78 is 7.07. The second-order valence-corrected chi connectivity index (χ2v) is 5.56. The lowest BCUT2D eigenvalue weighted by Gasteiger charge is -1.98. The van der Waals surface area contributed by atoms with E-state index in [0.717, 1.165) is 29.4 Å². The van der Waals surface area contributed by atoms with E-state index in [0.29, 0.717) is 11.8 Å². The minimum absolute atomic E-state index is 0.545. The van der Waals surface area contributed by atoms with Crippen molar-refractivity contribution in [1.29, 1.82) is 0 Å². The van der Waals surface area contributed by atoms with Gasteiger partial charge in [-0.15, -0.1) is 0 Å². The molecule has 6 heteroatoms. The molecule has 0 aliphatic rings. The van der Waals surface area contributed by atoms with Crippen LogP contribution in [0.15, 0.2) is 10.6 Å². The fourth-order valence-corrected chi connectivity index (χ4v) is 2.17. The van der Waals surface area contributed by atoms with Gasteiger partial charge in [-0.2, -0.15) is 21.8 Å². The lowest BCUT2D eigenvalue weighted by molar-refractivity contribution is 0.421. The SMILES string of the molecule is CSCc1noc(-c2cc(CC(C)C)nn2C)n1. The molecular weight excluding hydrogens is 248 g/mol. The number of aromatic nitrogens is 4. The molecule has 0 unspecified atom stereocenters. The van der Waals surface area contributed by atoms with E-state index in [2.05, 4.69) is 29.1 Å². The van der Waals surface area contributed by atoms with Gasteiger partial charge in [-0.05, 0) is 24.7 Å². The Balaban J connectivity index is 2.23. The monoisotopic (exact) mass is 266 g/mol. The molecule has 0 fully saturated rings. The van der Waals surface area contributed by atoms with Gasteiger partial charge in [-0.25, -0.2) is 0 Å². The first kappa shape index (κ1) is 13.1. The fraction of sp³-hybridized carbons (Fsp3) is 0.583. The largest absolute Gasteiger partial charge is 0.332 e. The number of hydrogen-bond acceptors (Lipinski definition) is 5. The molecule has 0 aliphatic carbocycles. The zero-order valence-corrected chi connectivity index (χ0v) is 12.0. The van der Waals surface area contributed by atoms with Crippen LogP contribution in [0.1, 0.15) is 25.4 Å². The molecule has 0 atom stereocenters. The topological polar surface area (TPSA) is 56.7 Å². The Hall–Kier alpha value is -1.30. The molecule has 2 rings (SSSR count). The third-order valence-electron chi connectivity index (χ3n) is 2.51. The molecule has 0 saturated heterocycles. The van der Waals surface area contributed by atoms with E-state index in [9.17, 15) is 0 Å². The summed E-state index contributed by atoms with van der Waals surface area (Å²) >= 11 is 1.67. The van der Waals surface area contributed by atoms with Gasteiger partial charge < -0.3 is 4.52 Å². The lowest BCUT2D eigenvalue weighted by atomic mass is 10.1. The maximum atomic E-state index is 5.27. The van der Waals surface area contributed by atoms with E-state index in [-0.39, 0.29) is 0 Å². The first-order valence-electron chi connectivity index (χ1n) is 5.95. The number of hydrogen-bond donors (Lipinski definition) is 0. The van der Waals surface area contributed by atoms with E-state index >= 15 is 0 Å². The van der Waals surface area contributed by atoms with Crippen molar-refractivity contribution >= 4 is 11.8 Å². The van der Waals surface area contributed by atoms with Crippen molar-refractivity contribution in [3.05, 3.63) is 17.6 Å². The Morgan fingerprint density at radius 3 is 2.89 bits per heavy atom. The van der Waals surface area contributed by atoms with Crippen molar-refractivity contribution in [3.63, 3.8) is 0 Å². The van der Waals surface area contributed by atoms with E-state index in [1.165, 1.54) is 0 Å². The molecule has 0 aliphatic heterocycles. The Morgan fingerprint density at radius 2 is 2.22 bits per heavy atom. The molecule has 0 N–H and O–H groups in total. The Bertz CT molecular complexity index is 518. The van der Waals surface area contributed by atoms with Crippen molar-refractivity contribution in [2.24, 2.45) is 13.0 Å². The summed E-state index contributed by atoms with van der Waals surface area (Å²) in [4.78, 5) is 4.36. The molecule has 2 heterocycles. The Morgan fingerprint density at radius 1 is 1.44 bits per heavy atom. The molecule has 18 heavy (non-hydrogen) atoms. The van der Waals surface area contributed by atoms with Crippen molar-refractivity contribution in [2.75, 3.05) is 6.26 Å². The van der Waals surface area contributed by atoms with Crippen molar-refractivity contribution in [2.45, 2.75) is 26.0 Å². The van der Waals surface area contributed by atoms with Crippen LogP contribution < -0.4 is 0 Å². The predicted octanol–water partition coefficient (Wildman–Crippen LogP) is 2.53. The molecular formula is C12H18N4OS. The Labute approximate surface area is 111 Å². The summed E-state index contributed by atoms with van der Waals surface area (Å²) in [5.74, 6) is 2.62. The van der Waals surface area contributed by atoms with Crippen LogP contribution in [0.25, 0.3) is 11.6 Å². The highest BCUT2D eigenvalue weighted by molar-refractivity contribution is 7.97. The average Bonchev–Trinajstić information content (AvgIpc) is 2.85. The first-order chi connectivity index (χ1) is 8.60. The van der Waals surface area contributed by atoms with Gasteiger partial charge in [0.15, 0.2) is 5.82 Å². The average molecular weight is 266 g/mol. The first-order valence-corrected chi connectivity index (χ1v) is 7.34. The molecule has 0 saturated carbocycles. The van der Waals surface area contributed by atoms with Crippen LogP contribution in [-0.2, 0) is 19.2 Å². The van der Waals surface area contributed by atoms with Crippen LogP contribution in [0.3, 0.4) is 0 Å². The molecule has 98 valence electrons. The van der Waals surface area contributed by atoms with Gasteiger partial charge in [0.25, 0.3) is 5.89 Å². The van der Waals surface area contributed by atoms with Crippen LogP contribution >= 0.6 is 11.8 Å². The molecule has 0 radical (unpaired) electrons. The summed E-state index contributed by atoms with van der Waals surface area (Å²) in [6.07, 6.45) is 2.97. The van der Waals surface area contributed by atoms with E-state index in [1.54, 1.807) is 16.4 Å². The van der Waals surface area contributed by atoms with Gasteiger partial charge in [0.1, 0.15) is 5.69 Å². The summed E-state index contributed by atoms with van der Waals surface area (Å²) in [6.45, 7) is 4.36. The van der Waals surface area contributed by atoms with Crippen LogP contribution in [0, 0.1) is 5.92 Å². The highest BCUT2D eigenvalue weighted by Gasteiger charge is 2.14. The standard InChI is InChI=1S/C12H18N4OS/c1-8(2)5-9-6-10(16(3)14-9)12-13-11(7-18-4)15-17-12/h6,8H,5,7H2,1-4H3. The van der Waals surface area contributed by atoms with E-state index < -0.39 is 0 Å². The maximum absolute atomic E-state index is 5.27. The second-order valence-electron chi connectivity index (χ2n) is 4.69. The van der Waals surface area contributed by atoms with Gasteiger partial charge in [0.2, 0.25) is 0 Å². The third-order valence-corrected chi connectivity index (χ3v) is 3.06. The lowest BCUT2D eigenvalue weighted by Crippen LogP contribution is -1.97. The van der Waals surface area contributed by atoms with Crippen molar-refractivity contribution in [3.8, 4) is 11.6 Å². The molecule has 0 bridgehead atoms. The van der Waals surface area contributed by atoms with Gasteiger partial charge in [-0.1, -0.05) is 19.0 Å². The fourth-order valence-electron chi connectivity index (χ4n) is 1.79. The molecule has 0 spiro atoms. The zero-order chi connectivity index (χ0) is 13.1. The second kappa shape index (κ2) is 5.56. The minimum Gasteiger partial charge on any atom is -0.332 e. The van der Waals surface area contributed by atoms with Crippen LogP contribution in [0.2, 0.25) is 0 Å². The molecule has 0 aromatic carbocycles. The van der Waals surface area contributed by atoms with Crippen molar-refractivity contribution < 1.29 is 4.52 Å². The Kier molecular flexibility index (Phi) is 4.06. The van der Waals surface area contributed by atoms with Crippen LogP contribution in [0.4, 0.5) is 0 Å². The van der Waals surface area contributed by atoms with Crippen LogP contribution in [0.5, 0.6) is 0 Å². The van der Waals surface area contributed by atoms with Crippen molar-refractivity contribution in [1.82, 2.24) is 19.9 Å². The minimum atomic E-state index is 0.545. The summed E-state index contributed by atoms with van der Waals surface area (Å²) in [5.41, 5.74) is 1.94. The normalized spacial score (nSPS) is 11.4. The molecule has 2 aromatic rings. The maximum Gasteiger partial charge on any atom is 0.276 e. The highest BCUT2D eigenvalue weighted by Crippen LogP contribution is 2.20. The molecule has 2 aromatic heterocycles. The zero-order valence-electron chi connectivity index (χ0n) is 11.2. The van der Waals surface area contributed by atoms with E-state index in [4.69, 9.17) is 4.52 Å². The summed E-state index contributed by atoms with van der Waals surface area (Å²) in [6, 6.07) is 2.02. The van der Waals surface area contributed by atoms with Gasteiger partial charge in [0, 0.05) is 7.05 Å². The summed E-state index contributed by atoms with van der Waals surface area (Å²) in [5, 5.41) is 8.41. The highest BCUT2D eigenvalue weighted by atomic mass is 32.2. The molecule has 5 nitrogen and oxygen atoms in total. The quantitative estimate of drug-likeness (QED) is 0.832. The number of nitrogens with zero attached hydrogens (tertiary/aromatic N) is 4. The van der Waals surface area contributed by atoms with Gasteiger partial charge >= 0.3 is 0 Å². The van der Waals surface area contributed by atoms with Crippen LogP contribution in [-0.4, -0.2) is 26.2 Å². The summed E-state index contributed by atoms with van der Waals surface area (Å²) in [7, 11) is 1.90. The number of aryl methyl sites for hydroxylation is 1. The van der Waals surface area contributed by atoms with E-state index in [1.807, 2.05) is 19.4 Å². The predicted molar refractivity (Wildman–Crippen MR) is 72.3 cm³/mol. The third kappa shape index (κ3) is 2.93. The molecule has 0 amide bonds. The number of rotatable bonds is 5.